The van der Waals surface area contributed by atoms with E-state index in [4.69, 9.17) is 0 Å². The molecule has 4 bridgehead atoms. The van der Waals surface area contributed by atoms with Crippen LogP contribution in [0.25, 0.3) is 0 Å². The first kappa shape index (κ1) is 21.8. The van der Waals surface area contributed by atoms with Crippen LogP contribution in [0, 0.1) is 29.6 Å². The van der Waals surface area contributed by atoms with Gasteiger partial charge in [0.05, 0.1) is 18.8 Å². The molecule has 7 rings (SSSR count). The summed E-state index contributed by atoms with van der Waals surface area (Å²) in [5, 5.41) is 3.75. The van der Waals surface area contributed by atoms with E-state index in [1.54, 1.807) is 6.33 Å². The summed E-state index contributed by atoms with van der Waals surface area (Å²) >= 11 is 0. The molecule has 1 saturated heterocycles. The van der Waals surface area contributed by atoms with E-state index in [0.717, 1.165) is 80.1 Å². The molecule has 33 heavy (non-hydrogen) atoms. The lowest BCUT2D eigenvalue weighted by Gasteiger charge is -2.54. The molecule has 1 aromatic rings. The Bertz CT molecular complexity index is 862. The molecule has 0 radical (unpaired) electrons. The van der Waals surface area contributed by atoms with Gasteiger partial charge in [0.1, 0.15) is 12.1 Å². The minimum Gasteiger partial charge on any atom is -0.369 e. The highest BCUT2D eigenvalue weighted by molar-refractivity contribution is 5.78. The molecule has 0 spiro atoms. The standard InChI is InChI=1S/C26H40N6O/c1-30-5-3-21(13-30)31(2)15-25(33)32-6-4-22-24(14-32)28-16-29-26(22)27-12-23-19-8-17-7-18(10-19)11-20(23)9-17/h16-21,23H,3-15H2,1-2H3,(H,27,28,29). The smallest absolute Gasteiger partial charge is 0.237 e. The molecule has 0 aromatic carbocycles. The topological polar surface area (TPSA) is 64.6 Å². The van der Waals surface area contributed by atoms with Gasteiger partial charge < -0.3 is 15.1 Å². The van der Waals surface area contributed by atoms with Crippen molar-refractivity contribution in [2.24, 2.45) is 29.6 Å². The molecule has 2 aliphatic heterocycles. The Balaban J connectivity index is 1.07. The second-order valence-corrected chi connectivity index (χ2v) is 11.8. The fraction of sp³-hybridized carbons (Fsp3) is 0.808. The van der Waals surface area contributed by atoms with E-state index >= 15 is 0 Å². The molecular formula is C26H40N6O. The molecule has 3 heterocycles. The zero-order valence-electron chi connectivity index (χ0n) is 20.4. The SMILES string of the molecule is CN1CCC(N(C)CC(=O)N2CCc3c(ncnc3NCC3C4CC5CC(C4)CC3C5)C2)C1. The number of hydrogen-bond acceptors (Lipinski definition) is 6. The molecule has 5 fully saturated rings. The third-order valence-corrected chi connectivity index (χ3v) is 9.66. The number of hydrogen-bond donors (Lipinski definition) is 1. The van der Waals surface area contributed by atoms with Gasteiger partial charge in [-0.2, -0.15) is 0 Å². The van der Waals surface area contributed by atoms with Gasteiger partial charge in [-0.15, -0.1) is 0 Å². The Morgan fingerprint density at radius 3 is 2.58 bits per heavy atom. The van der Waals surface area contributed by atoms with Crippen molar-refractivity contribution in [2.75, 3.05) is 52.1 Å². The highest BCUT2D eigenvalue weighted by atomic mass is 16.2. The maximum absolute atomic E-state index is 13.0. The number of likely N-dealkylation sites (tertiary alicyclic amines) is 1. The molecule has 1 atom stereocenters. The van der Waals surface area contributed by atoms with Gasteiger partial charge in [0, 0.05) is 31.2 Å². The molecular weight excluding hydrogens is 412 g/mol. The molecule has 6 aliphatic rings. The third kappa shape index (κ3) is 4.27. The minimum absolute atomic E-state index is 0.222. The van der Waals surface area contributed by atoms with E-state index in [1.165, 1.54) is 37.7 Å². The Hall–Kier alpha value is -1.73. The molecule has 1 unspecified atom stereocenters. The number of nitrogens with one attached hydrogen (secondary N) is 1. The fourth-order valence-corrected chi connectivity index (χ4v) is 8.02. The van der Waals surface area contributed by atoms with Crippen LogP contribution >= 0.6 is 0 Å². The first-order chi connectivity index (χ1) is 16.0. The normalized spacial score (nSPS) is 35.3. The molecule has 4 saturated carbocycles. The number of aromatic nitrogens is 2. The zero-order valence-corrected chi connectivity index (χ0v) is 20.4. The van der Waals surface area contributed by atoms with E-state index in [0.29, 0.717) is 19.1 Å². The van der Waals surface area contributed by atoms with Crippen molar-refractivity contribution >= 4 is 11.7 Å². The summed E-state index contributed by atoms with van der Waals surface area (Å²) in [5.41, 5.74) is 2.26. The second kappa shape index (κ2) is 8.81. The number of likely N-dealkylation sites (N-methyl/N-ethyl adjacent to an activating group) is 2. The van der Waals surface area contributed by atoms with Crippen molar-refractivity contribution < 1.29 is 4.79 Å². The van der Waals surface area contributed by atoms with Crippen LogP contribution in [0.15, 0.2) is 6.33 Å². The third-order valence-electron chi connectivity index (χ3n) is 9.66. The average molecular weight is 453 g/mol. The lowest BCUT2D eigenvalue weighted by molar-refractivity contribution is -0.133. The number of carbonyl (C=O) groups is 1. The van der Waals surface area contributed by atoms with Crippen molar-refractivity contribution in [2.45, 2.75) is 57.5 Å². The lowest BCUT2D eigenvalue weighted by Crippen LogP contribution is -2.47. The van der Waals surface area contributed by atoms with Crippen LogP contribution in [0.5, 0.6) is 0 Å². The number of carbonyl (C=O) groups excluding carboxylic acids is 1. The maximum Gasteiger partial charge on any atom is 0.237 e. The average Bonchev–Trinajstić information content (AvgIpc) is 3.24. The van der Waals surface area contributed by atoms with Crippen molar-refractivity contribution in [1.29, 1.82) is 0 Å². The molecule has 4 aliphatic carbocycles. The molecule has 1 amide bonds. The van der Waals surface area contributed by atoms with Gasteiger partial charge in [-0.3, -0.25) is 9.69 Å². The summed E-state index contributed by atoms with van der Waals surface area (Å²) in [5.74, 6) is 5.95. The van der Waals surface area contributed by atoms with E-state index in [1.807, 2.05) is 4.90 Å². The van der Waals surface area contributed by atoms with Gasteiger partial charge in [0.15, 0.2) is 0 Å². The Kier molecular flexibility index (Phi) is 5.81. The number of amides is 1. The van der Waals surface area contributed by atoms with Gasteiger partial charge in [-0.1, -0.05) is 0 Å². The van der Waals surface area contributed by atoms with Crippen LogP contribution in [0.1, 0.15) is 49.8 Å². The predicted octanol–water partition coefficient (Wildman–Crippen LogP) is 2.48. The first-order valence-electron chi connectivity index (χ1n) is 13.3. The van der Waals surface area contributed by atoms with E-state index in [-0.39, 0.29) is 5.91 Å². The number of fused-ring (bicyclic) bond motifs is 1. The summed E-state index contributed by atoms with van der Waals surface area (Å²) in [6.07, 6.45) is 11.0. The fourth-order valence-electron chi connectivity index (χ4n) is 8.02. The van der Waals surface area contributed by atoms with Gasteiger partial charge in [0.25, 0.3) is 0 Å². The maximum atomic E-state index is 13.0. The van der Waals surface area contributed by atoms with Crippen LogP contribution in [0.4, 0.5) is 5.82 Å². The minimum atomic E-state index is 0.222. The van der Waals surface area contributed by atoms with E-state index in [2.05, 4.69) is 39.2 Å². The van der Waals surface area contributed by atoms with Gasteiger partial charge in [-0.05, 0) is 95.2 Å². The first-order valence-corrected chi connectivity index (χ1v) is 13.3. The second-order valence-electron chi connectivity index (χ2n) is 11.8. The zero-order chi connectivity index (χ0) is 22.5. The van der Waals surface area contributed by atoms with Crippen LogP contribution in [-0.4, -0.2) is 83.4 Å². The van der Waals surface area contributed by atoms with E-state index < -0.39 is 0 Å². The molecule has 1 N–H and O–H groups in total. The van der Waals surface area contributed by atoms with Gasteiger partial charge in [0.2, 0.25) is 5.91 Å². The summed E-state index contributed by atoms with van der Waals surface area (Å²) in [6.45, 7) is 5.11. The Labute approximate surface area is 198 Å². The molecule has 1 aromatic heterocycles. The highest BCUT2D eigenvalue weighted by Gasteiger charge is 2.47. The summed E-state index contributed by atoms with van der Waals surface area (Å²) in [7, 11) is 4.25. The van der Waals surface area contributed by atoms with Crippen molar-refractivity contribution in [3.8, 4) is 0 Å². The number of nitrogens with zero attached hydrogens (tertiary/aromatic N) is 5. The van der Waals surface area contributed by atoms with Crippen LogP contribution in [-0.2, 0) is 17.8 Å². The highest BCUT2D eigenvalue weighted by Crippen LogP contribution is 2.56. The van der Waals surface area contributed by atoms with Gasteiger partial charge in [-0.25, -0.2) is 9.97 Å². The predicted molar refractivity (Wildman–Crippen MR) is 129 cm³/mol. The molecule has 7 nitrogen and oxygen atoms in total. The monoisotopic (exact) mass is 452 g/mol. The Morgan fingerprint density at radius 1 is 1.12 bits per heavy atom. The van der Waals surface area contributed by atoms with Crippen LogP contribution < -0.4 is 5.32 Å². The quantitative estimate of drug-likeness (QED) is 0.716. The van der Waals surface area contributed by atoms with Crippen LogP contribution in [0.2, 0.25) is 0 Å². The van der Waals surface area contributed by atoms with Gasteiger partial charge >= 0.3 is 0 Å². The van der Waals surface area contributed by atoms with Crippen molar-refractivity contribution in [3.05, 3.63) is 17.6 Å². The molecule has 7 heteroatoms. The molecule has 180 valence electrons. The summed E-state index contributed by atoms with van der Waals surface area (Å²) in [6, 6.07) is 0.485. The Morgan fingerprint density at radius 2 is 1.88 bits per heavy atom. The summed E-state index contributed by atoms with van der Waals surface area (Å²) < 4.78 is 0. The van der Waals surface area contributed by atoms with E-state index in [9.17, 15) is 4.79 Å². The number of rotatable bonds is 6. The lowest BCUT2D eigenvalue weighted by atomic mass is 9.52. The largest absolute Gasteiger partial charge is 0.369 e. The number of anilines is 1. The summed E-state index contributed by atoms with van der Waals surface area (Å²) in [4.78, 5) is 28.8. The van der Waals surface area contributed by atoms with Crippen molar-refractivity contribution in [3.63, 3.8) is 0 Å². The van der Waals surface area contributed by atoms with Crippen LogP contribution in [0.3, 0.4) is 0 Å². The van der Waals surface area contributed by atoms with Crippen molar-refractivity contribution in [1.82, 2.24) is 24.7 Å².